The molecule has 15 nitrogen and oxygen atoms in total. The number of carbonyl (C=O) groups excluding carboxylic acids is 4. The Morgan fingerprint density at radius 2 is 1.77 bits per heavy atom. The van der Waals surface area contributed by atoms with Gasteiger partial charge in [-0.05, 0) is 31.9 Å². The van der Waals surface area contributed by atoms with Crippen LogP contribution in [0.25, 0.3) is 0 Å². The number of β-lactam (4-membered cyclic amide) rings is 1. The van der Waals surface area contributed by atoms with Gasteiger partial charge in [0.2, 0.25) is 5.91 Å². The number of carboxylic acids is 1. The highest BCUT2D eigenvalue weighted by Crippen LogP contribution is 2.42. The Balaban J connectivity index is 1.30. The molecule has 5 rings (SSSR count). The van der Waals surface area contributed by atoms with Crippen LogP contribution in [0.15, 0.2) is 83.9 Å². The van der Waals surface area contributed by atoms with Crippen molar-refractivity contribution in [1.82, 2.24) is 20.5 Å². The van der Waals surface area contributed by atoms with Crippen molar-refractivity contribution in [3.8, 4) is 0 Å². The summed E-state index contributed by atoms with van der Waals surface area (Å²) < 4.78 is 11.4. The Labute approximate surface area is 313 Å². The smallest absolute Gasteiger partial charge is 0.408 e. The Morgan fingerprint density at radius 1 is 1.13 bits per heavy atom. The largest absolute Gasteiger partial charge is 0.481 e. The van der Waals surface area contributed by atoms with Crippen LogP contribution in [0.2, 0.25) is 0 Å². The first-order valence-electron chi connectivity index (χ1n) is 16.5. The van der Waals surface area contributed by atoms with Crippen molar-refractivity contribution in [2.75, 3.05) is 24.6 Å². The predicted octanol–water partition coefficient (Wildman–Crippen LogP) is 3.72. The maximum absolute atomic E-state index is 13.7. The molecule has 3 aromatic rings. The number of nitrogens with two attached hydrogens (primary N) is 1. The normalized spacial score (nSPS) is 20.3. The molecule has 0 spiro atoms. The fraction of sp³-hybridized carbons (Fsp3) is 0.361. The minimum Gasteiger partial charge on any atom is -0.481 e. The zero-order valence-corrected chi connectivity index (χ0v) is 30.9. The standard InChI is InChI=1S/C36H40N6O9S2/c1-5-36(32(46)47)19-42-29(44)26(30(42)53-20-36)40-28(43)25(24-18-52-33(37)38-24)41-49-17-16-23(39-34(48)51-35(2,3)4)31(45)50-27(21-12-8-6-9-13-21)22-14-10-7-11-15-22/h5-15,18,23,26-27,30H,1,16-17,19-20H2,2-4H3,(H2,37,38)(H,39,48)(H,40,43)(H,46,47)/t23?,26?,30-,36?/m1/s1. The van der Waals surface area contributed by atoms with E-state index in [2.05, 4.69) is 27.4 Å². The van der Waals surface area contributed by atoms with Crippen LogP contribution in [0.1, 0.15) is 50.1 Å². The summed E-state index contributed by atoms with van der Waals surface area (Å²) in [5, 5.41) is 20.1. The Hall–Kier alpha value is -5.42. The van der Waals surface area contributed by atoms with Crippen molar-refractivity contribution in [3.63, 3.8) is 0 Å². The van der Waals surface area contributed by atoms with E-state index < -0.39 is 64.4 Å². The van der Waals surface area contributed by atoms with Gasteiger partial charge in [-0.2, -0.15) is 0 Å². The van der Waals surface area contributed by atoms with Gasteiger partial charge in [-0.3, -0.25) is 14.4 Å². The van der Waals surface area contributed by atoms with Gasteiger partial charge < -0.3 is 40.7 Å². The molecule has 3 heterocycles. The highest BCUT2D eigenvalue weighted by Gasteiger charge is 2.56. The molecule has 5 N–H and O–H groups in total. The van der Waals surface area contributed by atoms with Crippen LogP contribution in [0.3, 0.4) is 0 Å². The van der Waals surface area contributed by atoms with Gasteiger partial charge in [-0.15, -0.1) is 29.7 Å². The number of carbonyl (C=O) groups is 5. The summed E-state index contributed by atoms with van der Waals surface area (Å²) in [6.45, 7) is 8.34. The van der Waals surface area contributed by atoms with Crippen molar-refractivity contribution < 1.29 is 43.4 Å². The summed E-state index contributed by atoms with van der Waals surface area (Å²) in [5.74, 6) is -2.94. The topological polar surface area (TPSA) is 212 Å². The first kappa shape index (κ1) is 38.8. The first-order valence-corrected chi connectivity index (χ1v) is 18.5. The van der Waals surface area contributed by atoms with E-state index in [0.29, 0.717) is 11.1 Å². The van der Waals surface area contributed by atoms with Crippen molar-refractivity contribution in [2.24, 2.45) is 10.6 Å². The van der Waals surface area contributed by atoms with E-state index in [0.717, 1.165) is 11.3 Å². The van der Waals surface area contributed by atoms with Gasteiger partial charge in [0.1, 0.15) is 40.8 Å². The van der Waals surface area contributed by atoms with Crippen LogP contribution in [0.5, 0.6) is 0 Å². The lowest BCUT2D eigenvalue weighted by Gasteiger charge is -2.53. The number of alkyl carbamates (subject to hydrolysis) is 1. The maximum atomic E-state index is 13.7. The molecule has 0 bridgehead atoms. The molecule has 2 aliphatic heterocycles. The number of hydrogen-bond donors (Lipinski definition) is 4. The molecule has 0 radical (unpaired) electrons. The number of fused-ring (bicyclic) bond motifs is 1. The summed E-state index contributed by atoms with van der Waals surface area (Å²) in [4.78, 5) is 76.0. The zero-order chi connectivity index (χ0) is 38.3. The molecule has 4 atom stereocenters. The molecule has 0 saturated carbocycles. The van der Waals surface area contributed by atoms with Crippen LogP contribution in [0, 0.1) is 5.41 Å². The SMILES string of the molecule is C=CC1(C(=O)O)CS[C@@H]2C(NC(=O)C(=NOCCC(NC(=O)OC(C)(C)C)C(=O)OC(c3ccccc3)c3ccccc3)c3csc(N)n3)C(=O)N2C1. The van der Waals surface area contributed by atoms with Gasteiger partial charge in [0.15, 0.2) is 16.9 Å². The van der Waals surface area contributed by atoms with Gasteiger partial charge >= 0.3 is 18.0 Å². The summed E-state index contributed by atoms with van der Waals surface area (Å²) >= 11 is 2.28. The molecule has 17 heteroatoms. The number of rotatable bonds is 14. The van der Waals surface area contributed by atoms with Crippen molar-refractivity contribution in [2.45, 2.75) is 56.4 Å². The van der Waals surface area contributed by atoms with Gasteiger partial charge in [-0.1, -0.05) is 71.9 Å². The highest BCUT2D eigenvalue weighted by atomic mass is 32.2. The Bertz CT molecular complexity index is 1830. The average Bonchev–Trinajstić information content (AvgIpc) is 3.56. The number of aromatic nitrogens is 1. The predicted molar refractivity (Wildman–Crippen MR) is 198 cm³/mol. The average molecular weight is 765 g/mol. The second-order valence-corrected chi connectivity index (χ2v) is 15.2. The van der Waals surface area contributed by atoms with Gasteiger partial charge in [-0.25, -0.2) is 14.6 Å². The molecular weight excluding hydrogens is 725 g/mol. The van der Waals surface area contributed by atoms with E-state index >= 15 is 0 Å². The second kappa shape index (κ2) is 16.5. The van der Waals surface area contributed by atoms with Crippen LogP contribution in [-0.4, -0.2) is 92.5 Å². The minimum absolute atomic E-state index is 0.0697. The second-order valence-electron chi connectivity index (χ2n) is 13.3. The molecule has 53 heavy (non-hydrogen) atoms. The number of thioether (sulfide) groups is 1. The highest BCUT2D eigenvalue weighted by molar-refractivity contribution is 8.00. The number of nitrogens with zero attached hydrogens (tertiary/aromatic N) is 3. The quantitative estimate of drug-likeness (QED) is 0.0462. The first-order chi connectivity index (χ1) is 25.2. The molecular formula is C36H40N6O9S2. The third-order valence-corrected chi connectivity index (χ3v) is 10.5. The lowest BCUT2D eigenvalue weighted by atomic mass is 9.87. The number of nitrogens with one attached hydrogen (secondary N) is 2. The van der Waals surface area contributed by atoms with E-state index in [-0.39, 0.29) is 41.9 Å². The molecule has 3 amide bonds. The molecule has 280 valence electrons. The number of ether oxygens (including phenoxy) is 2. The molecule has 1 aromatic heterocycles. The van der Waals surface area contributed by atoms with E-state index in [1.165, 1.54) is 28.1 Å². The minimum atomic E-state index is -1.29. The molecule has 3 unspecified atom stereocenters. The molecule has 0 aliphatic carbocycles. The summed E-state index contributed by atoms with van der Waals surface area (Å²) in [6.07, 6.45) is -0.465. The number of thiazole rings is 1. The van der Waals surface area contributed by atoms with Crippen LogP contribution in [-0.2, 0) is 33.5 Å². The molecule has 2 fully saturated rings. The molecule has 2 aromatic carbocycles. The maximum Gasteiger partial charge on any atom is 0.408 e. The van der Waals surface area contributed by atoms with Crippen molar-refractivity contribution >= 4 is 63.8 Å². The number of esters is 1. The number of aliphatic carboxylic acids is 1. The fourth-order valence-electron chi connectivity index (χ4n) is 5.51. The number of nitrogen functional groups attached to an aromatic ring is 1. The number of oxime groups is 1. The number of hydrogen-bond acceptors (Lipinski definition) is 13. The zero-order valence-electron chi connectivity index (χ0n) is 29.2. The van der Waals surface area contributed by atoms with Crippen LogP contribution in [0.4, 0.5) is 9.93 Å². The lowest BCUT2D eigenvalue weighted by molar-refractivity contribution is -0.156. The summed E-state index contributed by atoms with van der Waals surface area (Å²) in [6, 6.07) is 16.1. The molecule has 2 aliphatic rings. The Kier molecular flexibility index (Phi) is 12.1. The van der Waals surface area contributed by atoms with Crippen molar-refractivity contribution in [3.05, 3.63) is 95.5 Å². The Morgan fingerprint density at radius 3 is 2.32 bits per heavy atom. The third-order valence-electron chi connectivity index (χ3n) is 8.26. The van der Waals surface area contributed by atoms with Crippen LogP contribution >= 0.6 is 23.1 Å². The number of carboxylic acid groups (broad SMARTS) is 1. The molecule has 2 saturated heterocycles. The van der Waals surface area contributed by atoms with Crippen LogP contribution < -0.4 is 16.4 Å². The fourth-order valence-corrected chi connectivity index (χ4v) is 7.59. The number of amides is 3. The van der Waals surface area contributed by atoms with Gasteiger partial charge in [0.25, 0.3) is 5.91 Å². The summed E-state index contributed by atoms with van der Waals surface area (Å²) in [5.41, 5.74) is 4.89. The van der Waals surface area contributed by atoms with Gasteiger partial charge in [0.05, 0.1) is 0 Å². The van der Waals surface area contributed by atoms with E-state index in [4.69, 9.17) is 20.0 Å². The third kappa shape index (κ3) is 9.34. The van der Waals surface area contributed by atoms with E-state index in [1.807, 2.05) is 60.7 Å². The van der Waals surface area contributed by atoms with E-state index in [1.54, 1.807) is 20.8 Å². The van der Waals surface area contributed by atoms with Crippen molar-refractivity contribution in [1.29, 1.82) is 0 Å². The monoisotopic (exact) mass is 764 g/mol. The van der Waals surface area contributed by atoms with E-state index in [9.17, 15) is 29.1 Å². The lowest BCUT2D eigenvalue weighted by Crippen LogP contribution is -2.73. The number of benzene rings is 2. The number of anilines is 1. The van der Waals surface area contributed by atoms with Gasteiger partial charge in [0, 0.05) is 24.1 Å². The summed E-state index contributed by atoms with van der Waals surface area (Å²) in [7, 11) is 0.